The average Bonchev–Trinajstić information content (AvgIpc) is 3.09. The Morgan fingerprint density at radius 3 is 2.71 bits per heavy atom. The highest BCUT2D eigenvalue weighted by Gasteiger charge is 2.37. The van der Waals surface area contributed by atoms with Crippen molar-refractivity contribution in [1.82, 2.24) is 15.2 Å². The highest BCUT2D eigenvalue weighted by Crippen LogP contribution is 2.30. The first kappa shape index (κ1) is 13.8. The Morgan fingerprint density at radius 1 is 1.33 bits per heavy atom. The van der Waals surface area contributed by atoms with Crippen LogP contribution in [0, 0.1) is 6.92 Å². The van der Waals surface area contributed by atoms with E-state index in [2.05, 4.69) is 20.5 Å². The van der Waals surface area contributed by atoms with Crippen LogP contribution < -0.4 is 11.1 Å². The quantitative estimate of drug-likeness (QED) is 0.803. The highest BCUT2D eigenvalue weighted by molar-refractivity contribution is 6.00. The van der Waals surface area contributed by atoms with Gasteiger partial charge < -0.3 is 11.1 Å². The molecule has 0 radical (unpaired) electrons. The normalized spacial score (nSPS) is 16.9. The summed E-state index contributed by atoms with van der Waals surface area (Å²) in [6.45, 7) is 1.84. The van der Waals surface area contributed by atoms with Crippen molar-refractivity contribution in [2.45, 2.75) is 38.1 Å². The smallest absolute Gasteiger partial charge is 0.244 e. The van der Waals surface area contributed by atoms with Crippen molar-refractivity contribution in [3.05, 3.63) is 30.1 Å². The van der Waals surface area contributed by atoms with Crippen LogP contribution in [0.3, 0.4) is 0 Å². The number of aromatic amines is 1. The summed E-state index contributed by atoms with van der Waals surface area (Å²) in [5.74, 6) is 1.18. The first-order valence-corrected chi connectivity index (χ1v) is 7.17. The molecule has 1 aliphatic carbocycles. The summed E-state index contributed by atoms with van der Waals surface area (Å²) in [7, 11) is 0. The number of nitrogens with zero attached hydrogens (tertiary/aromatic N) is 2. The summed E-state index contributed by atoms with van der Waals surface area (Å²) in [6.07, 6.45) is 3.49. The van der Waals surface area contributed by atoms with E-state index < -0.39 is 5.54 Å². The number of hydrogen-bond donors (Lipinski definition) is 3. The number of nitrogens with two attached hydrogens (primary N) is 1. The SMILES string of the molecule is Cc1nc(-c2ccccc2NC(=O)C2(N)CCCC2)n[nH]1. The Labute approximate surface area is 123 Å². The first-order valence-electron chi connectivity index (χ1n) is 7.17. The molecule has 110 valence electrons. The van der Waals surface area contributed by atoms with Gasteiger partial charge in [-0.1, -0.05) is 25.0 Å². The van der Waals surface area contributed by atoms with Gasteiger partial charge in [0.15, 0.2) is 5.82 Å². The van der Waals surface area contributed by atoms with Crippen LogP contribution in [-0.2, 0) is 4.79 Å². The summed E-state index contributed by atoms with van der Waals surface area (Å²) in [4.78, 5) is 16.8. The van der Waals surface area contributed by atoms with Crippen LogP contribution in [0.1, 0.15) is 31.5 Å². The lowest BCUT2D eigenvalue weighted by molar-refractivity contribution is -0.120. The highest BCUT2D eigenvalue weighted by atomic mass is 16.2. The Balaban J connectivity index is 1.87. The van der Waals surface area contributed by atoms with Crippen LogP contribution in [0.25, 0.3) is 11.4 Å². The molecule has 1 aliphatic rings. The lowest BCUT2D eigenvalue weighted by atomic mass is 9.97. The molecule has 0 saturated heterocycles. The Kier molecular flexibility index (Phi) is 3.47. The van der Waals surface area contributed by atoms with Gasteiger partial charge >= 0.3 is 0 Å². The summed E-state index contributed by atoms with van der Waals surface area (Å²) in [5.41, 5.74) is 6.93. The molecule has 0 unspecified atom stereocenters. The van der Waals surface area contributed by atoms with Gasteiger partial charge in [-0.15, -0.1) is 0 Å². The lowest BCUT2D eigenvalue weighted by Gasteiger charge is -2.22. The Morgan fingerprint density at radius 2 is 2.05 bits per heavy atom. The molecule has 0 bridgehead atoms. The topological polar surface area (TPSA) is 96.7 Å². The molecule has 3 rings (SSSR count). The van der Waals surface area contributed by atoms with E-state index in [1.807, 2.05) is 31.2 Å². The van der Waals surface area contributed by atoms with Crippen LogP contribution in [0.2, 0.25) is 0 Å². The van der Waals surface area contributed by atoms with E-state index in [9.17, 15) is 4.79 Å². The van der Waals surface area contributed by atoms with Gasteiger partial charge in [-0.2, -0.15) is 5.10 Å². The molecule has 1 fully saturated rings. The minimum atomic E-state index is -0.748. The number of amides is 1. The molecule has 0 spiro atoms. The van der Waals surface area contributed by atoms with Crippen molar-refractivity contribution in [2.24, 2.45) is 5.73 Å². The molecule has 21 heavy (non-hydrogen) atoms. The van der Waals surface area contributed by atoms with Gasteiger partial charge in [0.25, 0.3) is 0 Å². The number of para-hydroxylation sites is 1. The molecule has 1 amide bonds. The van der Waals surface area contributed by atoms with Gasteiger partial charge in [-0.3, -0.25) is 9.89 Å². The van der Waals surface area contributed by atoms with Crippen molar-refractivity contribution in [3.63, 3.8) is 0 Å². The molecule has 1 aromatic heterocycles. The van der Waals surface area contributed by atoms with Gasteiger partial charge in [0.2, 0.25) is 5.91 Å². The van der Waals surface area contributed by atoms with Crippen molar-refractivity contribution >= 4 is 11.6 Å². The van der Waals surface area contributed by atoms with E-state index in [1.165, 1.54) is 0 Å². The fourth-order valence-corrected chi connectivity index (χ4v) is 2.73. The number of carbonyl (C=O) groups excluding carboxylic acids is 1. The third-order valence-electron chi connectivity index (χ3n) is 3.96. The summed E-state index contributed by atoms with van der Waals surface area (Å²) in [6, 6.07) is 7.49. The number of aromatic nitrogens is 3. The molecule has 6 heteroatoms. The Hall–Kier alpha value is -2.21. The largest absolute Gasteiger partial charge is 0.324 e. The van der Waals surface area contributed by atoms with Crippen molar-refractivity contribution in [3.8, 4) is 11.4 Å². The second-order valence-corrected chi connectivity index (χ2v) is 5.61. The number of anilines is 1. The monoisotopic (exact) mass is 285 g/mol. The summed E-state index contributed by atoms with van der Waals surface area (Å²) < 4.78 is 0. The molecule has 2 aromatic rings. The molecule has 0 atom stereocenters. The van der Waals surface area contributed by atoms with Crippen LogP contribution in [0.15, 0.2) is 24.3 Å². The predicted molar refractivity (Wildman–Crippen MR) is 80.6 cm³/mol. The Bertz CT molecular complexity index is 658. The van der Waals surface area contributed by atoms with Crippen LogP contribution in [0.4, 0.5) is 5.69 Å². The molecular weight excluding hydrogens is 266 g/mol. The van der Waals surface area contributed by atoms with Crippen molar-refractivity contribution in [1.29, 1.82) is 0 Å². The van der Waals surface area contributed by atoms with E-state index in [1.54, 1.807) is 0 Å². The molecular formula is C15H19N5O. The number of H-pyrrole nitrogens is 1. The van der Waals surface area contributed by atoms with Gasteiger partial charge in [-0.05, 0) is 31.9 Å². The minimum Gasteiger partial charge on any atom is -0.324 e. The predicted octanol–water partition coefficient (Wildman–Crippen LogP) is 1.99. The third-order valence-corrected chi connectivity index (χ3v) is 3.96. The zero-order valence-electron chi connectivity index (χ0n) is 12.0. The third kappa shape index (κ3) is 2.67. The number of carbonyl (C=O) groups is 1. The van der Waals surface area contributed by atoms with Gasteiger partial charge in [0, 0.05) is 5.56 Å². The zero-order valence-corrected chi connectivity index (χ0v) is 12.0. The summed E-state index contributed by atoms with van der Waals surface area (Å²) >= 11 is 0. The van der Waals surface area contributed by atoms with E-state index in [4.69, 9.17) is 5.73 Å². The minimum absolute atomic E-state index is 0.125. The standard InChI is InChI=1S/C15H19N5O/c1-10-17-13(20-19-10)11-6-2-3-7-12(11)18-14(21)15(16)8-4-5-9-15/h2-3,6-7H,4-5,8-9,16H2,1H3,(H,18,21)(H,17,19,20). The van der Waals surface area contributed by atoms with E-state index >= 15 is 0 Å². The number of rotatable bonds is 3. The maximum Gasteiger partial charge on any atom is 0.244 e. The molecule has 4 N–H and O–H groups in total. The van der Waals surface area contributed by atoms with E-state index in [0.29, 0.717) is 11.5 Å². The average molecular weight is 285 g/mol. The molecule has 1 aromatic carbocycles. The maximum absolute atomic E-state index is 12.4. The number of nitrogens with one attached hydrogen (secondary N) is 2. The van der Waals surface area contributed by atoms with Gasteiger partial charge in [-0.25, -0.2) is 4.98 Å². The second kappa shape index (κ2) is 5.29. The molecule has 1 saturated carbocycles. The number of benzene rings is 1. The molecule has 0 aliphatic heterocycles. The maximum atomic E-state index is 12.4. The fourth-order valence-electron chi connectivity index (χ4n) is 2.73. The van der Waals surface area contributed by atoms with E-state index in [-0.39, 0.29) is 5.91 Å². The number of hydrogen-bond acceptors (Lipinski definition) is 4. The zero-order chi connectivity index (χ0) is 14.9. The fraction of sp³-hybridized carbons (Fsp3) is 0.400. The van der Waals surface area contributed by atoms with E-state index in [0.717, 1.165) is 37.1 Å². The second-order valence-electron chi connectivity index (χ2n) is 5.61. The number of aryl methyl sites for hydroxylation is 1. The molecule has 1 heterocycles. The molecule has 6 nitrogen and oxygen atoms in total. The lowest BCUT2D eigenvalue weighted by Crippen LogP contribution is -2.48. The van der Waals surface area contributed by atoms with Crippen molar-refractivity contribution in [2.75, 3.05) is 5.32 Å². The van der Waals surface area contributed by atoms with Crippen LogP contribution >= 0.6 is 0 Å². The first-order chi connectivity index (χ1) is 10.1. The van der Waals surface area contributed by atoms with Gasteiger partial charge in [0.05, 0.1) is 11.2 Å². The summed E-state index contributed by atoms with van der Waals surface area (Å²) in [5, 5.41) is 9.90. The van der Waals surface area contributed by atoms with Crippen LogP contribution in [0.5, 0.6) is 0 Å². The van der Waals surface area contributed by atoms with Crippen LogP contribution in [-0.4, -0.2) is 26.6 Å². The van der Waals surface area contributed by atoms with Gasteiger partial charge in [0.1, 0.15) is 5.82 Å². The van der Waals surface area contributed by atoms with Crippen molar-refractivity contribution < 1.29 is 4.79 Å².